The van der Waals surface area contributed by atoms with Crippen LogP contribution in [0, 0.1) is 17.5 Å². The second-order valence-electron chi connectivity index (χ2n) is 7.34. The molecule has 0 unspecified atom stereocenters. The minimum atomic E-state index is -1.93. The molecule has 0 amide bonds. The topological polar surface area (TPSA) is 90.9 Å². The van der Waals surface area contributed by atoms with Crippen LogP contribution >= 0.6 is 11.6 Å². The molecule has 4 aromatic rings. The van der Waals surface area contributed by atoms with E-state index in [-0.39, 0.29) is 29.4 Å². The number of hydrogen-bond acceptors (Lipinski definition) is 6. The van der Waals surface area contributed by atoms with Crippen molar-refractivity contribution in [3.8, 4) is 5.69 Å². The number of ether oxygens (including phenoxy) is 1. The molecule has 0 bridgehead atoms. The van der Waals surface area contributed by atoms with Gasteiger partial charge in [-0.3, -0.25) is 0 Å². The lowest BCUT2D eigenvalue weighted by Crippen LogP contribution is -2.44. The predicted molar refractivity (Wildman–Crippen MR) is 111 cm³/mol. The van der Waals surface area contributed by atoms with E-state index in [2.05, 4.69) is 20.4 Å². The number of halogens is 4. The van der Waals surface area contributed by atoms with Crippen LogP contribution in [0.2, 0.25) is 5.02 Å². The highest BCUT2D eigenvalue weighted by molar-refractivity contribution is 6.30. The number of benzene rings is 2. The summed E-state index contributed by atoms with van der Waals surface area (Å²) in [6.07, 6.45) is 3.07. The van der Waals surface area contributed by atoms with Crippen molar-refractivity contribution in [2.24, 2.45) is 0 Å². The van der Waals surface area contributed by atoms with Gasteiger partial charge >= 0.3 is 0 Å². The van der Waals surface area contributed by atoms with Crippen molar-refractivity contribution < 1.29 is 23.0 Å². The van der Waals surface area contributed by atoms with Crippen molar-refractivity contribution in [1.29, 1.82) is 0 Å². The molecule has 2 heterocycles. The third kappa shape index (κ3) is 4.90. The van der Waals surface area contributed by atoms with E-state index in [4.69, 9.17) is 16.3 Å². The van der Waals surface area contributed by atoms with Gasteiger partial charge in [0.1, 0.15) is 47.1 Å². The summed E-state index contributed by atoms with van der Waals surface area (Å²) >= 11 is 5.77. The summed E-state index contributed by atoms with van der Waals surface area (Å²) in [6, 6.07) is 7.00. The lowest BCUT2D eigenvalue weighted by Gasteiger charge is -2.34. The molecule has 0 aliphatic rings. The first kappa shape index (κ1) is 22.9. The van der Waals surface area contributed by atoms with Crippen LogP contribution in [0.25, 0.3) is 5.69 Å². The largest absolute Gasteiger partial charge is 0.380 e. The van der Waals surface area contributed by atoms with Crippen molar-refractivity contribution >= 4 is 11.6 Å². The summed E-state index contributed by atoms with van der Waals surface area (Å²) in [5, 5.41) is 23.5. The van der Waals surface area contributed by atoms with E-state index >= 15 is 0 Å². The third-order valence-electron chi connectivity index (χ3n) is 5.12. The van der Waals surface area contributed by atoms with Crippen molar-refractivity contribution in [1.82, 2.24) is 29.8 Å². The van der Waals surface area contributed by atoms with E-state index in [1.54, 1.807) is 0 Å². The molecule has 0 spiro atoms. The molecule has 172 valence electrons. The number of aromatic nitrogens is 6. The second-order valence-corrected chi connectivity index (χ2v) is 7.78. The van der Waals surface area contributed by atoms with Crippen LogP contribution < -0.4 is 0 Å². The van der Waals surface area contributed by atoms with Crippen LogP contribution in [0.5, 0.6) is 0 Å². The highest BCUT2D eigenvalue weighted by atomic mass is 35.5. The molecule has 12 heteroatoms. The van der Waals surface area contributed by atoms with Crippen LogP contribution in [-0.4, -0.2) is 41.0 Å². The third-order valence-corrected chi connectivity index (χ3v) is 5.35. The Kier molecular flexibility index (Phi) is 6.45. The van der Waals surface area contributed by atoms with Gasteiger partial charge in [0, 0.05) is 16.7 Å². The first-order valence-corrected chi connectivity index (χ1v) is 10.1. The molecule has 4 rings (SSSR count). The Morgan fingerprint density at radius 3 is 2.67 bits per heavy atom. The van der Waals surface area contributed by atoms with E-state index in [9.17, 15) is 18.3 Å². The summed E-state index contributed by atoms with van der Waals surface area (Å²) in [5.74, 6) is -2.29. The van der Waals surface area contributed by atoms with Gasteiger partial charge in [0.15, 0.2) is 0 Å². The van der Waals surface area contributed by atoms with Crippen LogP contribution in [0.4, 0.5) is 13.2 Å². The molecular weight excluding hydrogens is 461 g/mol. The number of aliphatic hydroxyl groups is 1. The first-order chi connectivity index (χ1) is 15.8. The molecule has 2 aromatic heterocycles. The Hall–Kier alpha value is -3.28. The molecule has 33 heavy (non-hydrogen) atoms. The average molecular weight is 479 g/mol. The molecule has 1 N–H and O–H groups in total. The monoisotopic (exact) mass is 478 g/mol. The van der Waals surface area contributed by atoms with E-state index < -0.39 is 29.2 Å². The van der Waals surface area contributed by atoms with Gasteiger partial charge in [-0.15, -0.1) is 5.10 Å². The molecule has 0 radical (unpaired) electrons. The molecule has 2 aromatic carbocycles. The minimum Gasteiger partial charge on any atom is -0.380 e. The molecule has 0 fully saturated rings. The second kappa shape index (κ2) is 9.30. The fourth-order valence-corrected chi connectivity index (χ4v) is 3.49. The van der Waals surface area contributed by atoms with Gasteiger partial charge in [-0.1, -0.05) is 22.9 Å². The molecule has 8 nitrogen and oxygen atoms in total. The highest BCUT2D eigenvalue weighted by Crippen LogP contribution is 2.32. The van der Waals surface area contributed by atoms with E-state index in [1.807, 2.05) is 0 Å². The lowest BCUT2D eigenvalue weighted by atomic mass is 9.88. The first-order valence-electron chi connectivity index (χ1n) is 9.75. The molecule has 0 aliphatic heterocycles. The summed E-state index contributed by atoms with van der Waals surface area (Å²) in [5.41, 5.74) is -1.62. The van der Waals surface area contributed by atoms with Crippen molar-refractivity contribution in [3.63, 3.8) is 0 Å². The zero-order valence-electron chi connectivity index (χ0n) is 17.2. The number of rotatable bonds is 8. The molecular formula is C21H18ClF3N6O2. The normalized spacial score (nSPS) is 14.2. The highest BCUT2D eigenvalue weighted by Gasteiger charge is 2.40. The van der Waals surface area contributed by atoms with Gasteiger partial charge in [0.2, 0.25) is 0 Å². The Bertz CT molecular complexity index is 1250. The Labute approximate surface area is 191 Å². The van der Waals surface area contributed by atoms with Gasteiger partial charge in [-0.05, 0) is 31.2 Å². The van der Waals surface area contributed by atoms with Crippen molar-refractivity contribution in [2.75, 3.05) is 0 Å². The minimum absolute atomic E-state index is 0.126. The molecule has 0 aliphatic carbocycles. The van der Waals surface area contributed by atoms with Crippen molar-refractivity contribution in [3.05, 3.63) is 89.0 Å². The van der Waals surface area contributed by atoms with E-state index in [0.29, 0.717) is 11.8 Å². The van der Waals surface area contributed by atoms with Gasteiger partial charge in [0.05, 0.1) is 25.5 Å². The number of hydrogen-bond donors (Lipinski definition) is 1. The van der Waals surface area contributed by atoms with Gasteiger partial charge in [-0.2, -0.15) is 5.10 Å². The summed E-state index contributed by atoms with van der Waals surface area (Å²) in [7, 11) is 0. The van der Waals surface area contributed by atoms with Gasteiger partial charge < -0.3 is 9.84 Å². The van der Waals surface area contributed by atoms with Crippen molar-refractivity contribution in [2.45, 2.75) is 31.8 Å². The smallest absolute Gasteiger partial charge is 0.150 e. The quantitative estimate of drug-likeness (QED) is 0.417. The summed E-state index contributed by atoms with van der Waals surface area (Å²) < 4.78 is 50.5. The Morgan fingerprint density at radius 1 is 1.15 bits per heavy atom. The average Bonchev–Trinajstić information content (AvgIpc) is 3.44. The molecule has 0 saturated heterocycles. The van der Waals surface area contributed by atoms with E-state index in [0.717, 1.165) is 18.2 Å². The van der Waals surface area contributed by atoms with Crippen LogP contribution in [0.15, 0.2) is 55.2 Å². The lowest BCUT2D eigenvalue weighted by molar-refractivity contribution is -0.124. The van der Waals surface area contributed by atoms with Crippen LogP contribution in [0.1, 0.15) is 18.2 Å². The SMILES string of the molecule is C[C@@H](OCc1cn(-c2ccc(Cl)cc2F)nn1)[C@](O)(Cn1cncn1)c1ccc(F)cc1F. The fourth-order valence-electron chi connectivity index (χ4n) is 3.33. The van der Waals surface area contributed by atoms with Crippen LogP contribution in [0.3, 0.4) is 0 Å². The standard InChI is InChI=1S/C21H18ClF3N6O2/c1-13(33-9-16-8-31(29-28-16)20-5-2-14(22)6-19(20)25)21(32,10-30-12-26-11-27-30)17-4-3-15(23)7-18(17)24/h2-8,11-13,32H,9-10H2,1H3/t13-,21-/m1/s1. The van der Waals surface area contributed by atoms with E-state index in [1.165, 1.54) is 47.3 Å². The zero-order valence-corrected chi connectivity index (χ0v) is 18.0. The zero-order chi connectivity index (χ0) is 23.6. The molecule has 0 saturated carbocycles. The van der Waals surface area contributed by atoms with Gasteiger partial charge in [0.25, 0.3) is 0 Å². The molecule has 2 atom stereocenters. The maximum atomic E-state index is 14.6. The maximum absolute atomic E-state index is 14.6. The fraction of sp³-hybridized carbons (Fsp3) is 0.238. The Morgan fingerprint density at radius 2 is 1.97 bits per heavy atom. The maximum Gasteiger partial charge on any atom is 0.150 e. The van der Waals surface area contributed by atoms with Crippen LogP contribution in [-0.2, 0) is 23.5 Å². The predicted octanol–water partition coefficient (Wildman–Crippen LogP) is 3.42. The Balaban J connectivity index is 1.55. The summed E-state index contributed by atoms with van der Waals surface area (Å²) in [6.45, 7) is 1.20. The van der Waals surface area contributed by atoms with Gasteiger partial charge in [-0.25, -0.2) is 27.5 Å². The number of nitrogens with zero attached hydrogens (tertiary/aromatic N) is 6. The summed E-state index contributed by atoms with van der Waals surface area (Å²) in [4.78, 5) is 3.82.